The summed E-state index contributed by atoms with van der Waals surface area (Å²) >= 11 is 5.27. The lowest BCUT2D eigenvalue weighted by Crippen LogP contribution is -1.84. The van der Waals surface area contributed by atoms with E-state index in [2.05, 4.69) is 77.1 Å². The Balaban J connectivity index is 2.04. The Morgan fingerprint density at radius 1 is 1.05 bits per heavy atom. The average Bonchev–Trinajstić information content (AvgIpc) is 2.46. The van der Waals surface area contributed by atoms with Crippen LogP contribution in [0.4, 0.5) is 0 Å². The summed E-state index contributed by atoms with van der Waals surface area (Å²) in [6.45, 7) is 3.90. The van der Waals surface area contributed by atoms with Gasteiger partial charge in [0.15, 0.2) is 0 Å². The zero-order chi connectivity index (χ0) is 13.5. The van der Waals surface area contributed by atoms with Crippen molar-refractivity contribution in [2.24, 2.45) is 0 Å². The fourth-order valence-electron chi connectivity index (χ4n) is 1.62. The molecule has 0 amide bonds. The van der Waals surface area contributed by atoms with Gasteiger partial charge in [-0.1, -0.05) is 65.0 Å². The highest BCUT2D eigenvalue weighted by Gasteiger charge is 1.97. The molecule has 0 N–H and O–H groups in total. The van der Waals surface area contributed by atoms with Gasteiger partial charge in [0.25, 0.3) is 0 Å². The van der Waals surface area contributed by atoms with E-state index < -0.39 is 0 Å². The highest BCUT2D eigenvalue weighted by Crippen LogP contribution is 2.22. The van der Waals surface area contributed by atoms with E-state index in [0.717, 1.165) is 10.2 Å². The molecule has 0 aliphatic heterocycles. The van der Waals surface area contributed by atoms with E-state index in [-0.39, 0.29) is 0 Å². The topological polar surface area (TPSA) is 0 Å². The number of hydrogen-bond acceptors (Lipinski definition) is 1. The normalized spacial score (nSPS) is 11.3. The Morgan fingerprint density at radius 3 is 2.37 bits per heavy atom. The summed E-state index contributed by atoms with van der Waals surface area (Å²) in [7, 11) is 0. The van der Waals surface area contributed by atoms with Crippen LogP contribution in [0.5, 0.6) is 0 Å². The molecule has 0 bridgehead atoms. The zero-order valence-electron chi connectivity index (χ0n) is 10.6. The summed E-state index contributed by atoms with van der Waals surface area (Å²) < 4.78 is 1.10. The van der Waals surface area contributed by atoms with Crippen molar-refractivity contribution in [3.8, 4) is 0 Å². The van der Waals surface area contributed by atoms with Gasteiger partial charge < -0.3 is 0 Å². The van der Waals surface area contributed by atoms with Crippen LogP contribution in [0.1, 0.15) is 5.56 Å². The van der Waals surface area contributed by atoms with E-state index >= 15 is 0 Å². The molecule has 2 aromatic carbocycles. The van der Waals surface area contributed by atoms with Crippen molar-refractivity contribution < 1.29 is 0 Å². The summed E-state index contributed by atoms with van der Waals surface area (Å²) in [5, 5.41) is 0. The van der Waals surface area contributed by atoms with Gasteiger partial charge in [0.1, 0.15) is 0 Å². The molecule has 0 radical (unpaired) electrons. The van der Waals surface area contributed by atoms with E-state index in [0.29, 0.717) is 0 Å². The molecule has 2 aromatic rings. The van der Waals surface area contributed by atoms with Gasteiger partial charge in [-0.2, -0.15) is 0 Å². The summed E-state index contributed by atoms with van der Waals surface area (Å²) in [5.41, 5.74) is 2.43. The molecule has 0 heterocycles. The maximum absolute atomic E-state index is 3.90. The molecule has 19 heavy (non-hydrogen) atoms. The van der Waals surface area contributed by atoms with Crippen molar-refractivity contribution in [1.29, 1.82) is 0 Å². The second-order valence-corrected chi connectivity index (χ2v) is 6.04. The molecule has 0 aromatic heterocycles. The lowest BCUT2D eigenvalue weighted by atomic mass is 10.1. The minimum absolute atomic E-state index is 0.934. The van der Waals surface area contributed by atoms with Crippen LogP contribution >= 0.6 is 27.7 Å². The van der Waals surface area contributed by atoms with Gasteiger partial charge >= 0.3 is 0 Å². The van der Waals surface area contributed by atoms with E-state index in [4.69, 9.17) is 0 Å². The van der Waals surface area contributed by atoms with Crippen LogP contribution in [-0.2, 0) is 0 Å². The standard InChI is InChI=1S/C17H15BrS/c1-2-14(12-15-8-10-16(18)11-9-15)13-19-17-6-4-3-5-7-17/h2-12H,1,13H2/b14-12+. The lowest BCUT2D eigenvalue weighted by Gasteiger charge is -2.03. The predicted octanol–water partition coefficient (Wildman–Crippen LogP) is 5.81. The zero-order valence-corrected chi connectivity index (χ0v) is 13.0. The highest BCUT2D eigenvalue weighted by molar-refractivity contribution is 9.10. The second-order valence-electron chi connectivity index (χ2n) is 4.08. The Bertz CT molecular complexity index is 556. The molecular weight excluding hydrogens is 316 g/mol. The van der Waals surface area contributed by atoms with Crippen LogP contribution in [0.25, 0.3) is 6.08 Å². The highest BCUT2D eigenvalue weighted by atomic mass is 79.9. The summed E-state index contributed by atoms with van der Waals surface area (Å²) in [6.07, 6.45) is 4.10. The lowest BCUT2D eigenvalue weighted by molar-refractivity contribution is 1.45. The molecule has 0 aliphatic carbocycles. The third-order valence-corrected chi connectivity index (χ3v) is 4.24. The molecule has 0 atom stereocenters. The first-order chi connectivity index (χ1) is 9.28. The van der Waals surface area contributed by atoms with Gasteiger partial charge in [-0.25, -0.2) is 0 Å². The quantitative estimate of drug-likeness (QED) is 0.492. The number of halogens is 1. The van der Waals surface area contributed by atoms with Gasteiger partial charge in [-0.3, -0.25) is 0 Å². The van der Waals surface area contributed by atoms with Gasteiger partial charge in [0.05, 0.1) is 0 Å². The van der Waals surface area contributed by atoms with Crippen LogP contribution < -0.4 is 0 Å². The van der Waals surface area contributed by atoms with Crippen molar-refractivity contribution in [2.45, 2.75) is 4.90 Å². The molecule has 0 aliphatic rings. The van der Waals surface area contributed by atoms with Crippen LogP contribution in [0, 0.1) is 0 Å². The minimum atomic E-state index is 0.934. The van der Waals surface area contributed by atoms with Gasteiger partial charge in [0.2, 0.25) is 0 Å². The maximum Gasteiger partial charge on any atom is 0.0231 e. The molecule has 2 rings (SSSR count). The van der Waals surface area contributed by atoms with Crippen molar-refractivity contribution in [3.05, 3.63) is 82.9 Å². The fraction of sp³-hybridized carbons (Fsp3) is 0.0588. The molecule has 0 nitrogen and oxygen atoms in total. The van der Waals surface area contributed by atoms with Crippen LogP contribution in [0.3, 0.4) is 0 Å². The summed E-state index contributed by atoms with van der Waals surface area (Å²) in [6, 6.07) is 18.7. The third-order valence-electron chi connectivity index (χ3n) is 2.63. The van der Waals surface area contributed by atoms with Gasteiger partial charge in [-0.05, 0) is 35.4 Å². The monoisotopic (exact) mass is 330 g/mol. The molecule has 0 spiro atoms. The smallest absolute Gasteiger partial charge is 0.0231 e. The third kappa shape index (κ3) is 4.73. The molecule has 2 heteroatoms. The minimum Gasteiger partial charge on any atom is -0.121 e. The Hall–Kier alpha value is -1.25. The summed E-state index contributed by atoms with van der Waals surface area (Å²) in [4.78, 5) is 1.28. The Labute approximate surface area is 127 Å². The first-order valence-electron chi connectivity index (χ1n) is 6.04. The van der Waals surface area contributed by atoms with Crippen molar-refractivity contribution in [3.63, 3.8) is 0 Å². The number of allylic oxidation sites excluding steroid dienone is 1. The molecule has 96 valence electrons. The van der Waals surface area contributed by atoms with E-state index in [1.54, 1.807) is 0 Å². The molecule has 0 saturated carbocycles. The number of rotatable bonds is 5. The maximum atomic E-state index is 3.90. The Kier molecular flexibility index (Phi) is 5.49. The molecular formula is C17H15BrS. The summed E-state index contributed by atoms with van der Waals surface area (Å²) in [5.74, 6) is 0.934. The largest absolute Gasteiger partial charge is 0.121 e. The Morgan fingerprint density at radius 2 is 1.74 bits per heavy atom. The number of benzene rings is 2. The first kappa shape index (κ1) is 14.2. The van der Waals surface area contributed by atoms with E-state index in [1.165, 1.54) is 16.0 Å². The van der Waals surface area contributed by atoms with E-state index in [1.807, 2.05) is 23.9 Å². The van der Waals surface area contributed by atoms with Crippen molar-refractivity contribution in [2.75, 3.05) is 5.75 Å². The second kappa shape index (κ2) is 7.37. The van der Waals surface area contributed by atoms with E-state index in [9.17, 15) is 0 Å². The average molecular weight is 331 g/mol. The van der Waals surface area contributed by atoms with Crippen molar-refractivity contribution >= 4 is 33.8 Å². The number of thioether (sulfide) groups is 1. The molecule has 0 fully saturated rings. The molecule has 0 unspecified atom stereocenters. The molecule has 0 saturated heterocycles. The van der Waals surface area contributed by atoms with Crippen LogP contribution in [0.2, 0.25) is 0 Å². The van der Waals surface area contributed by atoms with Gasteiger partial charge in [-0.15, -0.1) is 11.8 Å². The van der Waals surface area contributed by atoms with Crippen LogP contribution in [-0.4, -0.2) is 5.75 Å². The first-order valence-corrected chi connectivity index (χ1v) is 7.82. The van der Waals surface area contributed by atoms with Crippen LogP contribution in [0.15, 0.2) is 82.2 Å². The number of hydrogen-bond donors (Lipinski definition) is 0. The van der Waals surface area contributed by atoms with Gasteiger partial charge in [0, 0.05) is 15.1 Å². The fourth-order valence-corrected chi connectivity index (χ4v) is 2.76. The van der Waals surface area contributed by atoms with Crippen molar-refractivity contribution in [1.82, 2.24) is 0 Å². The predicted molar refractivity (Wildman–Crippen MR) is 89.5 cm³/mol. The SMILES string of the molecule is C=C/C(=C\c1ccc(Br)cc1)CSc1ccccc1.